The molecule has 0 heterocycles. The lowest BCUT2D eigenvalue weighted by Gasteiger charge is -2.14. The van der Waals surface area contributed by atoms with Gasteiger partial charge in [-0.3, -0.25) is 4.79 Å². The Balaban J connectivity index is 3.64. The highest BCUT2D eigenvalue weighted by molar-refractivity contribution is 6.44. The van der Waals surface area contributed by atoms with Crippen LogP contribution in [0.25, 0.3) is 0 Å². The second-order valence-corrected chi connectivity index (χ2v) is 2.46. The molecule has 0 aromatic carbocycles. The molecule has 0 aromatic heterocycles. The summed E-state index contributed by atoms with van der Waals surface area (Å²) in [6, 6.07) is 0. The van der Waals surface area contributed by atoms with Crippen molar-refractivity contribution in [3.05, 3.63) is 0 Å². The highest BCUT2D eigenvalue weighted by Crippen LogP contribution is 2.05. The third-order valence-corrected chi connectivity index (χ3v) is 1.38. The summed E-state index contributed by atoms with van der Waals surface area (Å²) in [5, 5.41) is 0. The van der Waals surface area contributed by atoms with Crippen LogP contribution in [-0.4, -0.2) is 22.8 Å². The summed E-state index contributed by atoms with van der Waals surface area (Å²) in [6.45, 7) is 1.40. The Kier molecular flexibility index (Phi) is 3.17. The molecule has 0 spiro atoms. The molecule has 0 aliphatic heterocycles. The summed E-state index contributed by atoms with van der Waals surface area (Å²) in [7, 11) is 1.53. The van der Waals surface area contributed by atoms with Gasteiger partial charge in [0, 0.05) is 14.0 Å². The highest BCUT2D eigenvalue weighted by Gasteiger charge is 2.08. The van der Waals surface area contributed by atoms with Crippen molar-refractivity contribution in [3.63, 3.8) is 0 Å². The van der Waals surface area contributed by atoms with Crippen LogP contribution < -0.4 is 0 Å². The number of rotatable bonds is 1. The third-order valence-electron chi connectivity index (χ3n) is 0.789. The maximum atomic E-state index is 10.3. The van der Waals surface area contributed by atoms with E-state index in [1.807, 2.05) is 0 Å². The quantitative estimate of drug-likeness (QED) is 0.413. The maximum absolute atomic E-state index is 10.3. The van der Waals surface area contributed by atoms with Gasteiger partial charge in [0.1, 0.15) is 0 Å². The molecule has 0 atom stereocenters. The normalized spacial score (nSPS) is 9.62. The van der Waals surface area contributed by atoms with Crippen LogP contribution in [0.3, 0.4) is 0 Å². The predicted molar refractivity (Wildman–Crippen MR) is 33.9 cm³/mol. The lowest BCUT2D eigenvalue weighted by molar-refractivity contribution is -0.127. The van der Waals surface area contributed by atoms with Gasteiger partial charge in [0.05, 0.1) is 0 Å². The molecule has 1 amide bonds. The third kappa shape index (κ3) is 2.38. The SMILES string of the molecule is CC(=O)N(C)C(Cl)Cl. The van der Waals surface area contributed by atoms with E-state index in [1.54, 1.807) is 0 Å². The van der Waals surface area contributed by atoms with E-state index in [2.05, 4.69) is 0 Å². The average molecular weight is 156 g/mol. The fourth-order valence-electron chi connectivity index (χ4n) is 0.137. The Hall–Kier alpha value is 0.0500. The molecule has 0 rings (SSSR count). The highest BCUT2D eigenvalue weighted by atomic mass is 35.5. The molecule has 8 heavy (non-hydrogen) atoms. The molecule has 0 aliphatic carbocycles. The summed E-state index contributed by atoms with van der Waals surface area (Å²) in [5.74, 6) is -0.139. The van der Waals surface area contributed by atoms with E-state index in [1.165, 1.54) is 18.9 Å². The summed E-state index contributed by atoms with van der Waals surface area (Å²) in [6.07, 6.45) is 0. The molecular formula is C4H7Cl2NO. The van der Waals surface area contributed by atoms with Crippen LogP contribution in [0.15, 0.2) is 0 Å². The van der Waals surface area contributed by atoms with E-state index in [4.69, 9.17) is 23.2 Å². The van der Waals surface area contributed by atoms with Crippen molar-refractivity contribution in [1.82, 2.24) is 4.90 Å². The Labute approximate surface area is 58.4 Å². The topological polar surface area (TPSA) is 20.3 Å². The molecule has 48 valence electrons. The van der Waals surface area contributed by atoms with E-state index in [0.717, 1.165) is 0 Å². The first kappa shape index (κ1) is 8.05. The van der Waals surface area contributed by atoms with Gasteiger partial charge >= 0.3 is 0 Å². The fourth-order valence-corrected chi connectivity index (χ4v) is 0.412. The molecule has 2 nitrogen and oxygen atoms in total. The second-order valence-electron chi connectivity index (χ2n) is 1.41. The molecule has 0 unspecified atom stereocenters. The largest absolute Gasteiger partial charge is 0.317 e. The summed E-state index contributed by atoms with van der Waals surface area (Å²) >= 11 is 10.6. The minimum absolute atomic E-state index is 0.139. The lowest BCUT2D eigenvalue weighted by atomic mass is 10.6. The Morgan fingerprint density at radius 1 is 1.62 bits per heavy atom. The first-order chi connectivity index (χ1) is 3.55. The number of alkyl halides is 2. The molecule has 0 radical (unpaired) electrons. The van der Waals surface area contributed by atoms with Crippen LogP contribution >= 0.6 is 23.2 Å². The standard InChI is InChI=1S/C4H7Cl2NO/c1-3(8)7(2)4(5)6/h4H,1-2H3. The first-order valence-corrected chi connectivity index (χ1v) is 2.94. The number of amides is 1. The van der Waals surface area contributed by atoms with Crippen molar-refractivity contribution in [2.24, 2.45) is 0 Å². The lowest BCUT2D eigenvalue weighted by Crippen LogP contribution is -2.27. The predicted octanol–water partition coefficient (Wildman–Crippen LogP) is 1.23. The van der Waals surface area contributed by atoms with Gasteiger partial charge in [0.25, 0.3) is 0 Å². The smallest absolute Gasteiger partial charge is 0.221 e. The average Bonchev–Trinajstić information content (AvgIpc) is 1.64. The molecule has 0 saturated heterocycles. The van der Waals surface area contributed by atoms with E-state index >= 15 is 0 Å². The molecule has 4 heteroatoms. The zero-order chi connectivity index (χ0) is 6.73. The van der Waals surface area contributed by atoms with Gasteiger partial charge in [0.15, 0.2) is 4.96 Å². The number of carbonyl (C=O) groups excluding carboxylic acids is 1. The summed E-state index contributed by atoms with van der Waals surface area (Å²) < 4.78 is 0. The maximum Gasteiger partial charge on any atom is 0.221 e. The molecule has 0 saturated carbocycles. The monoisotopic (exact) mass is 155 g/mol. The number of halogens is 2. The molecular weight excluding hydrogens is 149 g/mol. The minimum Gasteiger partial charge on any atom is -0.317 e. The van der Waals surface area contributed by atoms with Gasteiger partial charge < -0.3 is 4.90 Å². The van der Waals surface area contributed by atoms with Gasteiger partial charge in [-0.15, -0.1) is 0 Å². The molecule has 0 N–H and O–H groups in total. The van der Waals surface area contributed by atoms with E-state index in [0.29, 0.717) is 0 Å². The fraction of sp³-hybridized carbons (Fsp3) is 0.750. The summed E-state index contributed by atoms with van der Waals surface area (Å²) in [5.41, 5.74) is 0. The van der Waals surface area contributed by atoms with Gasteiger partial charge in [0.2, 0.25) is 5.91 Å². The van der Waals surface area contributed by atoms with Crippen LogP contribution in [0.2, 0.25) is 0 Å². The van der Waals surface area contributed by atoms with Crippen molar-refractivity contribution >= 4 is 29.1 Å². The van der Waals surface area contributed by atoms with Gasteiger partial charge in [-0.05, 0) is 0 Å². The number of carbonyl (C=O) groups is 1. The zero-order valence-corrected chi connectivity index (χ0v) is 6.20. The van der Waals surface area contributed by atoms with Crippen LogP contribution in [0.4, 0.5) is 0 Å². The van der Waals surface area contributed by atoms with Crippen molar-refractivity contribution in [1.29, 1.82) is 0 Å². The van der Waals surface area contributed by atoms with Gasteiger partial charge in [-0.2, -0.15) is 0 Å². The van der Waals surface area contributed by atoms with Crippen molar-refractivity contribution in [3.8, 4) is 0 Å². The number of hydrogen-bond donors (Lipinski definition) is 0. The molecule has 0 aromatic rings. The second kappa shape index (κ2) is 3.15. The van der Waals surface area contributed by atoms with E-state index in [-0.39, 0.29) is 5.91 Å². The van der Waals surface area contributed by atoms with Crippen LogP contribution in [0.1, 0.15) is 6.92 Å². The molecule has 0 fully saturated rings. The Bertz CT molecular complexity index is 94.0. The van der Waals surface area contributed by atoms with Gasteiger partial charge in [-0.1, -0.05) is 23.2 Å². The van der Waals surface area contributed by atoms with Crippen molar-refractivity contribution in [2.75, 3.05) is 7.05 Å². The van der Waals surface area contributed by atoms with Crippen molar-refractivity contribution in [2.45, 2.75) is 11.9 Å². The Morgan fingerprint density at radius 3 is 2.00 bits per heavy atom. The zero-order valence-electron chi connectivity index (χ0n) is 4.69. The minimum atomic E-state index is -0.729. The van der Waals surface area contributed by atoms with Crippen molar-refractivity contribution < 1.29 is 4.79 Å². The van der Waals surface area contributed by atoms with Gasteiger partial charge in [-0.25, -0.2) is 0 Å². The molecule has 0 aliphatic rings. The van der Waals surface area contributed by atoms with Crippen LogP contribution in [0, 0.1) is 0 Å². The molecule has 0 bridgehead atoms. The Morgan fingerprint density at radius 2 is 2.00 bits per heavy atom. The van der Waals surface area contributed by atoms with Crippen LogP contribution in [-0.2, 0) is 4.79 Å². The summed E-state index contributed by atoms with van der Waals surface area (Å²) in [4.78, 5) is 10.8. The first-order valence-electron chi connectivity index (χ1n) is 2.07. The number of nitrogens with zero attached hydrogens (tertiary/aromatic N) is 1. The van der Waals surface area contributed by atoms with E-state index < -0.39 is 4.96 Å². The number of hydrogen-bond acceptors (Lipinski definition) is 1. The van der Waals surface area contributed by atoms with Crippen LogP contribution in [0.5, 0.6) is 0 Å². The van der Waals surface area contributed by atoms with E-state index in [9.17, 15) is 4.79 Å².